The second-order valence-electron chi connectivity index (χ2n) is 8.63. The Kier molecular flexibility index (Phi) is 5.24. The molecule has 31 heavy (non-hydrogen) atoms. The van der Waals surface area contributed by atoms with Crippen molar-refractivity contribution in [2.75, 3.05) is 13.7 Å². The van der Waals surface area contributed by atoms with Gasteiger partial charge in [0.15, 0.2) is 0 Å². The molecule has 2 aromatic heterocycles. The molecule has 2 aromatic rings. The lowest BCUT2D eigenvalue weighted by Crippen LogP contribution is -2.43. The summed E-state index contributed by atoms with van der Waals surface area (Å²) in [5.41, 5.74) is 3.68. The summed E-state index contributed by atoms with van der Waals surface area (Å²) in [5, 5.41) is 10.2. The van der Waals surface area contributed by atoms with Crippen molar-refractivity contribution in [2.45, 2.75) is 44.4 Å². The molecule has 1 fully saturated rings. The second-order valence-corrected chi connectivity index (χ2v) is 8.63. The summed E-state index contributed by atoms with van der Waals surface area (Å²) in [6.45, 7) is 0.803. The Morgan fingerprint density at radius 2 is 2.16 bits per heavy atom. The van der Waals surface area contributed by atoms with E-state index in [0.717, 1.165) is 41.8 Å². The fraction of sp³-hybridized carbons (Fsp3) is 0.458. The van der Waals surface area contributed by atoms with E-state index in [9.17, 15) is 14.7 Å². The van der Waals surface area contributed by atoms with Gasteiger partial charge in [0.1, 0.15) is 6.04 Å². The SMILES string of the molecule is COC(=O)[C@@H]1[C@@H](CO)[C@@H]2Cn3c(ccc(C4=CCCC4)c3=O)[C@@H]2N1Cc1ccccn1. The van der Waals surface area contributed by atoms with Crippen molar-refractivity contribution in [1.29, 1.82) is 0 Å². The smallest absolute Gasteiger partial charge is 0.323 e. The quantitative estimate of drug-likeness (QED) is 0.745. The largest absolute Gasteiger partial charge is 0.468 e. The van der Waals surface area contributed by atoms with Crippen LogP contribution >= 0.6 is 0 Å². The van der Waals surface area contributed by atoms with Gasteiger partial charge >= 0.3 is 5.97 Å². The Bertz CT molecular complexity index is 1080. The molecular weight excluding hydrogens is 394 g/mol. The van der Waals surface area contributed by atoms with E-state index in [4.69, 9.17) is 4.74 Å². The monoisotopic (exact) mass is 421 g/mol. The molecule has 0 unspecified atom stereocenters. The molecule has 0 aromatic carbocycles. The molecule has 4 heterocycles. The van der Waals surface area contributed by atoms with Crippen LogP contribution in [-0.4, -0.2) is 45.3 Å². The van der Waals surface area contributed by atoms with Crippen LogP contribution in [0.3, 0.4) is 0 Å². The number of methoxy groups -OCH3 is 1. The lowest BCUT2D eigenvalue weighted by Gasteiger charge is -2.29. The van der Waals surface area contributed by atoms with Crippen LogP contribution in [0.5, 0.6) is 0 Å². The van der Waals surface area contributed by atoms with Crippen molar-refractivity contribution in [2.24, 2.45) is 11.8 Å². The Balaban J connectivity index is 1.58. The first kappa shape index (κ1) is 20.2. The maximum absolute atomic E-state index is 13.3. The summed E-state index contributed by atoms with van der Waals surface area (Å²) in [6.07, 6.45) is 6.95. The Labute approximate surface area is 181 Å². The Morgan fingerprint density at radius 3 is 2.84 bits per heavy atom. The number of aliphatic hydroxyl groups excluding tert-OH is 1. The molecule has 7 heteroatoms. The van der Waals surface area contributed by atoms with Gasteiger partial charge in [-0.1, -0.05) is 12.1 Å². The number of carbonyl (C=O) groups is 1. The predicted octanol–water partition coefficient (Wildman–Crippen LogP) is 2.15. The van der Waals surface area contributed by atoms with Crippen LogP contribution in [0.25, 0.3) is 5.57 Å². The topological polar surface area (TPSA) is 84.7 Å². The van der Waals surface area contributed by atoms with Gasteiger partial charge in [0.25, 0.3) is 5.56 Å². The number of allylic oxidation sites excluding steroid dienone is 2. The highest BCUT2D eigenvalue weighted by Gasteiger charge is 2.56. The lowest BCUT2D eigenvalue weighted by atomic mass is 9.88. The third-order valence-electron chi connectivity index (χ3n) is 7.09. The van der Waals surface area contributed by atoms with Gasteiger partial charge in [-0.05, 0) is 49.1 Å². The van der Waals surface area contributed by atoms with Crippen molar-refractivity contribution < 1.29 is 14.6 Å². The first-order valence-corrected chi connectivity index (χ1v) is 10.9. The number of aliphatic hydroxyl groups is 1. The van der Waals surface area contributed by atoms with Crippen molar-refractivity contribution in [3.8, 4) is 0 Å². The van der Waals surface area contributed by atoms with E-state index in [1.807, 2.05) is 34.9 Å². The number of ether oxygens (including phenoxy) is 1. The zero-order valence-corrected chi connectivity index (χ0v) is 17.6. The first-order chi connectivity index (χ1) is 15.1. The van der Waals surface area contributed by atoms with Gasteiger partial charge in [-0.2, -0.15) is 0 Å². The minimum absolute atomic E-state index is 0.0316. The summed E-state index contributed by atoms with van der Waals surface area (Å²) in [5.74, 6) is -0.709. The highest BCUT2D eigenvalue weighted by Crippen LogP contribution is 2.50. The van der Waals surface area contributed by atoms with Crippen LogP contribution in [0.4, 0.5) is 0 Å². The second kappa shape index (κ2) is 8.05. The molecule has 5 rings (SSSR count). The van der Waals surface area contributed by atoms with Gasteiger partial charge in [-0.3, -0.25) is 19.5 Å². The molecular formula is C24H27N3O4. The average molecular weight is 421 g/mol. The molecule has 0 spiro atoms. The van der Waals surface area contributed by atoms with Gasteiger partial charge in [0, 0.05) is 49.0 Å². The van der Waals surface area contributed by atoms with Crippen molar-refractivity contribution >= 4 is 11.5 Å². The Hall–Kier alpha value is -2.77. The fourth-order valence-electron chi connectivity index (χ4n) is 5.71. The summed E-state index contributed by atoms with van der Waals surface area (Å²) in [7, 11) is 1.38. The number of carbonyl (C=O) groups excluding carboxylic acids is 1. The predicted molar refractivity (Wildman–Crippen MR) is 115 cm³/mol. The number of pyridine rings is 2. The third-order valence-corrected chi connectivity index (χ3v) is 7.09. The minimum Gasteiger partial charge on any atom is -0.468 e. The van der Waals surface area contributed by atoms with Crippen LogP contribution in [0, 0.1) is 11.8 Å². The molecule has 1 N–H and O–H groups in total. The van der Waals surface area contributed by atoms with Gasteiger partial charge < -0.3 is 14.4 Å². The van der Waals surface area contributed by atoms with Gasteiger partial charge in [-0.25, -0.2) is 0 Å². The summed E-state index contributed by atoms with van der Waals surface area (Å²) in [4.78, 5) is 32.6. The number of fused-ring (bicyclic) bond motifs is 3. The van der Waals surface area contributed by atoms with Crippen LogP contribution in [0.2, 0.25) is 0 Å². The van der Waals surface area contributed by atoms with Crippen molar-refractivity contribution in [3.05, 3.63) is 69.9 Å². The highest BCUT2D eigenvalue weighted by atomic mass is 16.5. The van der Waals surface area contributed by atoms with E-state index in [1.165, 1.54) is 7.11 Å². The molecule has 0 radical (unpaired) electrons. The molecule has 1 aliphatic carbocycles. The zero-order chi connectivity index (χ0) is 21.5. The first-order valence-electron chi connectivity index (χ1n) is 10.9. The third kappa shape index (κ3) is 3.23. The molecule has 0 bridgehead atoms. The highest BCUT2D eigenvalue weighted by molar-refractivity contribution is 5.77. The van der Waals surface area contributed by atoms with E-state index in [-0.39, 0.29) is 36.0 Å². The minimum atomic E-state index is -0.576. The molecule has 162 valence electrons. The van der Waals surface area contributed by atoms with E-state index < -0.39 is 6.04 Å². The molecule has 0 saturated carbocycles. The standard InChI is InChI=1S/C24H27N3O4/c1-31-24(30)22-19(14-28)18-13-26-20(10-9-17(23(26)29)15-6-2-3-7-15)21(18)27(22)12-16-8-4-5-11-25-16/h4-6,8-11,18-19,21-22,28H,2-3,7,12-14H2,1H3/t18-,19-,21+,22-/m0/s1. The number of hydrogen-bond acceptors (Lipinski definition) is 6. The van der Waals surface area contributed by atoms with E-state index in [0.29, 0.717) is 13.1 Å². The normalized spacial score (nSPS) is 27.1. The molecule has 4 atom stereocenters. The van der Waals surface area contributed by atoms with Crippen LogP contribution in [0.15, 0.2) is 47.4 Å². The summed E-state index contributed by atoms with van der Waals surface area (Å²) < 4.78 is 6.96. The zero-order valence-electron chi connectivity index (χ0n) is 17.6. The fourth-order valence-corrected chi connectivity index (χ4v) is 5.71. The molecule has 7 nitrogen and oxygen atoms in total. The lowest BCUT2D eigenvalue weighted by molar-refractivity contribution is -0.148. The number of nitrogens with zero attached hydrogens (tertiary/aromatic N) is 3. The molecule has 3 aliphatic rings. The van der Waals surface area contributed by atoms with Crippen LogP contribution < -0.4 is 5.56 Å². The molecule has 1 saturated heterocycles. The van der Waals surface area contributed by atoms with E-state index >= 15 is 0 Å². The number of likely N-dealkylation sites (tertiary alicyclic amines) is 1. The average Bonchev–Trinajstić information content (AvgIpc) is 3.51. The number of hydrogen-bond donors (Lipinski definition) is 1. The molecule has 0 amide bonds. The van der Waals surface area contributed by atoms with Gasteiger partial charge in [-0.15, -0.1) is 0 Å². The van der Waals surface area contributed by atoms with Gasteiger partial charge in [0.05, 0.1) is 18.8 Å². The number of esters is 1. The van der Waals surface area contributed by atoms with Crippen LogP contribution in [-0.2, 0) is 22.6 Å². The van der Waals surface area contributed by atoms with Crippen molar-refractivity contribution in [1.82, 2.24) is 14.5 Å². The summed E-state index contributed by atoms with van der Waals surface area (Å²) >= 11 is 0. The maximum Gasteiger partial charge on any atom is 0.323 e. The molecule has 2 aliphatic heterocycles. The summed E-state index contributed by atoms with van der Waals surface area (Å²) in [6, 6.07) is 8.94. The van der Waals surface area contributed by atoms with Gasteiger partial charge in [0.2, 0.25) is 0 Å². The number of rotatable bonds is 5. The maximum atomic E-state index is 13.3. The number of aromatic nitrogens is 2. The Morgan fingerprint density at radius 1 is 1.29 bits per heavy atom. The van der Waals surface area contributed by atoms with Crippen molar-refractivity contribution in [3.63, 3.8) is 0 Å². The van der Waals surface area contributed by atoms with E-state index in [1.54, 1.807) is 6.20 Å². The van der Waals surface area contributed by atoms with Crippen LogP contribution in [0.1, 0.15) is 42.3 Å². The van der Waals surface area contributed by atoms with E-state index in [2.05, 4.69) is 16.0 Å².